The topological polar surface area (TPSA) is 28.5 Å². The quantitative estimate of drug-likeness (QED) is 0.699. The van der Waals surface area contributed by atoms with Gasteiger partial charge in [0, 0.05) is 49.2 Å². The summed E-state index contributed by atoms with van der Waals surface area (Å²) in [4.78, 5) is 16.9. The van der Waals surface area contributed by atoms with E-state index in [9.17, 15) is 4.79 Å². The van der Waals surface area contributed by atoms with E-state index in [1.165, 1.54) is 0 Å². The number of hydrogen-bond acceptors (Lipinski definition) is 2. The maximum absolute atomic E-state index is 12.6. The second-order valence-electron chi connectivity index (χ2n) is 6.37. The minimum atomic E-state index is 0.104. The summed E-state index contributed by atoms with van der Waals surface area (Å²) < 4.78 is 2.07. The van der Waals surface area contributed by atoms with Crippen molar-refractivity contribution in [3.05, 3.63) is 83.6 Å². The van der Waals surface area contributed by atoms with Crippen LogP contribution in [0.3, 0.4) is 0 Å². The molecule has 132 valence electrons. The van der Waals surface area contributed by atoms with Gasteiger partial charge in [0.25, 0.3) is 5.91 Å². The fourth-order valence-electron chi connectivity index (χ4n) is 3.38. The van der Waals surface area contributed by atoms with Gasteiger partial charge >= 0.3 is 0 Å². The van der Waals surface area contributed by atoms with Crippen molar-refractivity contribution in [2.24, 2.45) is 0 Å². The predicted octanol–water partition coefficient (Wildman–Crippen LogP) is 4.09. The highest BCUT2D eigenvalue weighted by Crippen LogP contribution is 2.29. The van der Waals surface area contributed by atoms with E-state index in [-0.39, 0.29) is 5.91 Å². The van der Waals surface area contributed by atoms with Gasteiger partial charge in [0.05, 0.1) is 11.4 Å². The summed E-state index contributed by atoms with van der Waals surface area (Å²) in [6, 6.07) is 19.5. The number of hydrogen-bond donors (Lipinski definition) is 0. The van der Waals surface area contributed by atoms with Crippen molar-refractivity contribution in [3.8, 4) is 5.69 Å². The second-order valence-corrected chi connectivity index (χ2v) is 6.81. The molecular formula is C21H20ClN3O. The molecule has 0 aliphatic carbocycles. The van der Waals surface area contributed by atoms with Crippen LogP contribution in [0.2, 0.25) is 5.02 Å². The molecule has 26 heavy (non-hydrogen) atoms. The molecule has 1 fully saturated rings. The fourth-order valence-corrected chi connectivity index (χ4v) is 3.55. The zero-order chi connectivity index (χ0) is 17.9. The average Bonchev–Trinajstić information content (AvgIpc) is 3.23. The molecule has 0 spiro atoms. The van der Waals surface area contributed by atoms with E-state index in [0.717, 1.165) is 35.1 Å². The Hall–Kier alpha value is -2.72. The monoisotopic (exact) mass is 365 g/mol. The van der Waals surface area contributed by atoms with Gasteiger partial charge in [-0.05, 0) is 42.5 Å². The van der Waals surface area contributed by atoms with Crippen LogP contribution in [0.1, 0.15) is 10.4 Å². The van der Waals surface area contributed by atoms with Crippen LogP contribution in [-0.4, -0.2) is 41.6 Å². The largest absolute Gasteiger partial charge is 0.366 e. The van der Waals surface area contributed by atoms with E-state index in [2.05, 4.69) is 15.5 Å². The second kappa shape index (κ2) is 7.26. The first-order valence-electron chi connectivity index (χ1n) is 8.74. The predicted molar refractivity (Wildman–Crippen MR) is 105 cm³/mol. The molecule has 0 atom stereocenters. The van der Waals surface area contributed by atoms with E-state index in [1.54, 1.807) is 0 Å². The minimum Gasteiger partial charge on any atom is -0.366 e. The first-order valence-corrected chi connectivity index (χ1v) is 9.12. The maximum atomic E-state index is 12.6. The normalized spacial score (nSPS) is 14.5. The Balaban J connectivity index is 1.51. The van der Waals surface area contributed by atoms with Crippen LogP contribution in [0.25, 0.3) is 5.69 Å². The lowest BCUT2D eigenvalue weighted by Crippen LogP contribution is -2.49. The highest BCUT2D eigenvalue weighted by atomic mass is 35.5. The molecule has 5 heteroatoms. The molecule has 0 radical (unpaired) electrons. The van der Waals surface area contributed by atoms with E-state index in [1.807, 2.05) is 71.9 Å². The summed E-state index contributed by atoms with van der Waals surface area (Å²) in [6.07, 6.45) is 4.04. The van der Waals surface area contributed by atoms with Gasteiger partial charge in [-0.2, -0.15) is 0 Å². The van der Waals surface area contributed by atoms with Crippen molar-refractivity contribution in [1.29, 1.82) is 0 Å². The van der Waals surface area contributed by atoms with Crippen LogP contribution in [0, 0.1) is 0 Å². The van der Waals surface area contributed by atoms with E-state index in [4.69, 9.17) is 11.6 Å². The number of amides is 1. The number of anilines is 1. The third-order valence-corrected chi connectivity index (χ3v) is 4.98. The Bertz CT molecular complexity index is 885. The van der Waals surface area contributed by atoms with Crippen molar-refractivity contribution < 1.29 is 4.79 Å². The zero-order valence-electron chi connectivity index (χ0n) is 14.4. The SMILES string of the molecule is O=C(c1ccccc1)N1CCN(c2ccc(Cl)cc2-n2cccc2)CC1. The highest BCUT2D eigenvalue weighted by Gasteiger charge is 2.23. The summed E-state index contributed by atoms with van der Waals surface area (Å²) in [7, 11) is 0. The van der Waals surface area contributed by atoms with Gasteiger partial charge < -0.3 is 14.4 Å². The number of rotatable bonds is 3. The number of aromatic nitrogens is 1. The number of carbonyl (C=O) groups excluding carboxylic acids is 1. The molecule has 1 aliphatic heterocycles. The lowest BCUT2D eigenvalue weighted by molar-refractivity contribution is 0.0747. The van der Waals surface area contributed by atoms with Crippen molar-refractivity contribution in [3.63, 3.8) is 0 Å². The Kier molecular flexibility index (Phi) is 4.67. The van der Waals surface area contributed by atoms with Crippen LogP contribution in [-0.2, 0) is 0 Å². The number of piperazine rings is 1. The molecular weight excluding hydrogens is 346 g/mol. The average molecular weight is 366 g/mol. The maximum Gasteiger partial charge on any atom is 0.253 e. The van der Waals surface area contributed by atoms with Crippen LogP contribution in [0.5, 0.6) is 0 Å². The summed E-state index contributed by atoms with van der Waals surface area (Å²) in [5.74, 6) is 0.104. The lowest BCUT2D eigenvalue weighted by atomic mass is 10.1. The molecule has 0 saturated carbocycles. The molecule has 1 aromatic heterocycles. The third-order valence-electron chi connectivity index (χ3n) is 4.75. The molecule has 3 aromatic rings. The number of benzene rings is 2. The lowest BCUT2D eigenvalue weighted by Gasteiger charge is -2.37. The molecule has 1 amide bonds. The third kappa shape index (κ3) is 3.33. The molecule has 4 nitrogen and oxygen atoms in total. The number of halogens is 1. The standard InChI is InChI=1S/C21H20ClN3O/c22-18-8-9-19(20(16-18)23-10-4-5-11-23)24-12-14-25(15-13-24)21(26)17-6-2-1-3-7-17/h1-11,16H,12-15H2. The number of nitrogens with zero attached hydrogens (tertiary/aromatic N) is 3. The van der Waals surface area contributed by atoms with Crippen LogP contribution >= 0.6 is 11.6 Å². The Labute approximate surface area is 158 Å². The summed E-state index contributed by atoms with van der Waals surface area (Å²) in [6.45, 7) is 3.02. The van der Waals surface area contributed by atoms with Gasteiger partial charge in [0.1, 0.15) is 0 Å². The Morgan fingerprint density at radius 2 is 1.50 bits per heavy atom. The van der Waals surface area contributed by atoms with E-state index < -0.39 is 0 Å². The molecule has 2 aromatic carbocycles. The number of carbonyl (C=O) groups is 1. The van der Waals surface area contributed by atoms with E-state index >= 15 is 0 Å². The van der Waals surface area contributed by atoms with Gasteiger partial charge in [0.2, 0.25) is 0 Å². The first-order chi connectivity index (χ1) is 12.7. The molecule has 2 heterocycles. The Morgan fingerprint density at radius 1 is 0.808 bits per heavy atom. The highest BCUT2D eigenvalue weighted by molar-refractivity contribution is 6.30. The van der Waals surface area contributed by atoms with Crippen LogP contribution in [0.15, 0.2) is 73.1 Å². The van der Waals surface area contributed by atoms with Gasteiger partial charge in [-0.1, -0.05) is 29.8 Å². The smallest absolute Gasteiger partial charge is 0.253 e. The molecule has 0 bridgehead atoms. The molecule has 4 rings (SSSR count). The van der Waals surface area contributed by atoms with Crippen molar-refractivity contribution in [2.75, 3.05) is 31.1 Å². The molecule has 1 saturated heterocycles. The van der Waals surface area contributed by atoms with Gasteiger partial charge in [-0.25, -0.2) is 0 Å². The van der Waals surface area contributed by atoms with Gasteiger partial charge in [0.15, 0.2) is 0 Å². The Morgan fingerprint density at radius 3 is 2.19 bits per heavy atom. The van der Waals surface area contributed by atoms with Crippen molar-refractivity contribution in [2.45, 2.75) is 0 Å². The summed E-state index contributed by atoms with van der Waals surface area (Å²) in [5, 5.41) is 0.718. The van der Waals surface area contributed by atoms with Crippen LogP contribution < -0.4 is 4.90 Å². The zero-order valence-corrected chi connectivity index (χ0v) is 15.1. The first kappa shape index (κ1) is 16.7. The van der Waals surface area contributed by atoms with Gasteiger partial charge in [-0.3, -0.25) is 4.79 Å². The van der Waals surface area contributed by atoms with E-state index in [0.29, 0.717) is 13.1 Å². The summed E-state index contributed by atoms with van der Waals surface area (Å²) >= 11 is 6.22. The minimum absolute atomic E-state index is 0.104. The molecule has 0 unspecified atom stereocenters. The fraction of sp³-hybridized carbons (Fsp3) is 0.190. The van der Waals surface area contributed by atoms with Gasteiger partial charge in [-0.15, -0.1) is 0 Å². The molecule has 1 aliphatic rings. The van der Waals surface area contributed by atoms with Crippen molar-refractivity contribution >= 4 is 23.2 Å². The van der Waals surface area contributed by atoms with Crippen molar-refractivity contribution in [1.82, 2.24) is 9.47 Å². The molecule has 0 N–H and O–H groups in total. The van der Waals surface area contributed by atoms with Crippen LogP contribution in [0.4, 0.5) is 5.69 Å². The summed E-state index contributed by atoms with van der Waals surface area (Å²) in [5.41, 5.74) is 2.95.